The van der Waals surface area contributed by atoms with Crippen LogP contribution in [0.4, 0.5) is 10.1 Å². The highest BCUT2D eigenvalue weighted by Crippen LogP contribution is 2.35. The predicted molar refractivity (Wildman–Crippen MR) is 125 cm³/mol. The number of nitrogens with one attached hydrogen (secondary N) is 2. The number of nitrogens with two attached hydrogens (primary N) is 1. The van der Waals surface area contributed by atoms with Gasteiger partial charge in [0.15, 0.2) is 11.6 Å². The molecule has 0 bridgehead atoms. The standard InChI is InChI=1S/C22H15BrCl2FN3O2/c23-13-2-4-18-12(5-13)6-19(29-18)22(30)28-10-11-1-3-17(25)21(20(11)26)31-16-8-14(24)7-15(27)9-16/h1-9,29H,10,27H2,(H,28,30). The van der Waals surface area contributed by atoms with E-state index in [0.717, 1.165) is 15.4 Å². The number of hydrogen-bond acceptors (Lipinski definition) is 3. The number of ether oxygens (including phenoxy) is 1. The van der Waals surface area contributed by atoms with Crippen LogP contribution in [0.1, 0.15) is 16.1 Å². The van der Waals surface area contributed by atoms with Crippen LogP contribution < -0.4 is 15.8 Å². The van der Waals surface area contributed by atoms with Crippen LogP contribution in [0, 0.1) is 5.82 Å². The molecular formula is C22H15BrCl2FN3O2. The maximum absolute atomic E-state index is 15.0. The summed E-state index contributed by atoms with van der Waals surface area (Å²) in [6.07, 6.45) is 0. The summed E-state index contributed by atoms with van der Waals surface area (Å²) in [6.45, 7) is -0.0606. The number of anilines is 1. The molecule has 0 saturated carbocycles. The molecule has 0 saturated heterocycles. The summed E-state index contributed by atoms with van der Waals surface area (Å²) in [4.78, 5) is 15.6. The maximum atomic E-state index is 15.0. The molecule has 0 radical (unpaired) electrons. The van der Waals surface area contributed by atoms with E-state index in [2.05, 4.69) is 26.2 Å². The van der Waals surface area contributed by atoms with Gasteiger partial charge in [-0.2, -0.15) is 0 Å². The number of hydrogen-bond donors (Lipinski definition) is 3. The van der Waals surface area contributed by atoms with Crippen molar-refractivity contribution in [1.29, 1.82) is 0 Å². The van der Waals surface area contributed by atoms with Gasteiger partial charge in [-0.1, -0.05) is 45.2 Å². The van der Waals surface area contributed by atoms with Crippen LogP contribution in [-0.2, 0) is 6.54 Å². The van der Waals surface area contributed by atoms with E-state index in [1.54, 1.807) is 12.1 Å². The van der Waals surface area contributed by atoms with E-state index in [1.807, 2.05) is 18.2 Å². The minimum atomic E-state index is -0.688. The van der Waals surface area contributed by atoms with Gasteiger partial charge in [0, 0.05) is 44.3 Å². The lowest BCUT2D eigenvalue weighted by Gasteiger charge is -2.13. The summed E-state index contributed by atoms with van der Waals surface area (Å²) in [7, 11) is 0. The minimum absolute atomic E-state index is 0.0606. The number of amides is 1. The van der Waals surface area contributed by atoms with E-state index < -0.39 is 5.82 Å². The molecule has 9 heteroatoms. The number of fused-ring (bicyclic) bond motifs is 1. The number of rotatable bonds is 5. The first-order chi connectivity index (χ1) is 14.8. The van der Waals surface area contributed by atoms with Gasteiger partial charge in [-0.25, -0.2) is 4.39 Å². The molecule has 0 fully saturated rings. The van der Waals surface area contributed by atoms with Crippen molar-refractivity contribution in [2.24, 2.45) is 0 Å². The van der Waals surface area contributed by atoms with E-state index in [9.17, 15) is 4.79 Å². The van der Waals surface area contributed by atoms with Crippen molar-refractivity contribution in [3.63, 3.8) is 0 Å². The van der Waals surface area contributed by atoms with Crippen molar-refractivity contribution >= 4 is 61.6 Å². The van der Waals surface area contributed by atoms with Crippen LogP contribution in [0.15, 0.2) is 59.1 Å². The predicted octanol–water partition coefficient (Wildman–Crippen LogP) is 6.68. The van der Waals surface area contributed by atoms with Crippen molar-refractivity contribution in [3.05, 3.63) is 86.2 Å². The van der Waals surface area contributed by atoms with E-state index in [1.165, 1.54) is 24.3 Å². The zero-order chi connectivity index (χ0) is 22.1. The Balaban J connectivity index is 1.53. The van der Waals surface area contributed by atoms with Gasteiger partial charge >= 0.3 is 0 Å². The number of benzene rings is 3. The Bertz CT molecular complexity index is 1290. The Kier molecular flexibility index (Phi) is 6.09. The van der Waals surface area contributed by atoms with Crippen LogP contribution in [0.3, 0.4) is 0 Å². The second kappa shape index (κ2) is 8.78. The monoisotopic (exact) mass is 521 g/mol. The molecule has 158 valence electrons. The highest BCUT2D eigenvalue weighted by Gasteiger charge is 2.17. The first kappa shape index (κ1) is 21.5. The van der Waals surface area contributed by atoms with E-state index in [0.29, 0.717) is 16.4 Å². The quantitative estimate of drug-likeness (QED) is 0.256. The van der Waals surface area contributed by atoms with Gasteiger partial charge in [-0.05, 0) is 42.5 Å². The molecule has 1 aromatic heterocycles. The van der Waals surface area contributed by atoms with Crippen molar-refractivity contribution < 1.29 is 13.9 Å². The largest absolute Gasteiger partial charge is 0.453 e. The Morgan fingerprint density at radius 2 is 1.94 bits per heavy atom. The average molecular weight is 523 g/mol. The molecule has 4 aromatic rings. The molecule has 0 unspecified atom stereocenters. The summed E-state index contributed by atoms with van der Waals surface area (Å²) >= 11 is 15.5. The number of carbonyl (C=O) groups excluding carboxylic acids is 1. The van der Waals surface area contributed by atoms with Crippen molar-refractivity contribution in [2.45, 2.75) is 6.54 Å². The third kappa shape index (κ3) is 4.79. The van der Waals surface area contributed by atoms with Crippen LogP contribution in [-0.4, -0.2) is 10.9 Å². The second-order valence-electron chi connectivity index (χ2n) is 6.77. The number of H-pyrrole nitrogens is 1. The fourth-order valence-electron chi connectivity index (χ4n) is 3.06. The Hall–Kier alpha value is -2.74. The third-order valence-corrected chi connectivity index (χ3v) is 5.52. The lowest BCUT2D eigenvalue weighted by atomic mass is 10.2. The number of aromatic amines is 1. The van der Waals surface area contributed by atoms with Gasteiger partial charge in [0.25, 0.3) is 5.91 Å². The zero-order valence-electron chi connectivity index (χ0n) is 15.8. The number of aromatic nitrogens is 1. The topological polar surface area (TPSA) is 80.1 Å². The summed E-state index contributed by atoms with van der Waals surface area (Å²) in [5.74, 6) is -0.986. The molecular weight excluding hydrogens is 508 g/mol. The number of carbonyl (C=O) groups is 1. The van der Waals surface area contributed by atoms with Crippen molar-refractivity contribution in [1.82, 2.24) is 10.3 Å². The maximum Gasteiger partial charge on any atom is 0.267 e. The molecule has 0 aliphatic heterocycles. The molecule has 0 aliphatic rings. The molecule has 31 heavy (non-hydrogen) atoms. The van der Waals surface area contributed by atoms with E-state index in [4.69, 9.17) is 33.7 Å². The van der Waals surface area contributed by atoms with Gasteiger partial charge in [0.2, 0.25) is 0 Å². The number of nitrogen functional groups attached to an aromatic ring is 1. The lowest BCUT2D eigenvalue weighted by molar-refractivity contribution is 0.0946. The van der Waals surface area contributed by atoms with Gasteiger partial charge in [0.1, 0.15) is 11.4 Å². The highest BCUT2D eigenvalue weighted by atomic mass is 79.9. The second-order valence-corrected chi connectivity index (χ2v) is 8.53. The zero-order valence-corrected chi connectivity index (χ0v) is 18.9. The van der Waals surface area contributed by atoms with E-state index in [-0.39, 0.29) is 34.5 Å². The molecule has 1 heterocycles. The third-order valence-electron chi connectivity index (χ3n) is 4.51. The Labute approximate surface area is 195 Å². The smallest absolute Gasteiger partial charge is 0.267 e. The van der Waals surface area contributed by atoms with Crippen molar-refractivity contribution in [2.75, 3.05) is 5.73 Å². The molecule has 1 amide bonds. The first-order valence-corrected chi connectivity index (χ1v) is 10.6. The van der Waals surface area contributed by atoms with E-state index >= 15 is 4.39 Å². The minimum Gasteiger partial charge on any atom is -0.453 e. The normalized spacial score (nSPS) is 11.0. The Morgan fingerprint density at radius 1 is 1.13 bits per heavy atom. The average Bonchev–Trinajstić information content (AvgIpc) is 3.13. The van der Waals surface area contributed by atoms with Crippen LogP contribution >= 0.6 is 39.1 Å². The molecule has 0 atom stereocenters. The molecule has 4 rings (SSSR count). The summed E-state index contributed by atoms with van der Waals surface area (Å²) in [5.41, 5.74) is 7.52. The molecule has 0 spiro atoms. The fraction of sp³-hybridized carbons (Fsp3) is 0.0455. The van der Waals surface area contributed by atoms with Gasteiger partial charge in [-0.15, -0.1) is 0 Å². The van der Waals surface area contributed by atoms with Gasteiger partial charge < -0.3 is 20.8 Å². The summed E-state index contributed by atoms with van der Waals surface area (Å²) < 4.78 is 21.5. The summed E-state index contributed by atoms with van der Waals surface area (Å²) in [5, 5.41) is 4.01. The van der Waals surface area contributed by atoms with Gasteiger partial charge in [0.05, 0.1) is 5.02 Å². The van der Waals surface area contributed by atoms with Crippen LogP contribution in [0.25, 0.3) is 10.9 Å². The van der Waals surface area contributed by atoms with Crippen LogP contribution in [0.5, 0.6) is 11.5 Å². The molecule has 0 aliphatic carbocycles. The van der Waals surface area contributed by atoms with Gasteiger partial charge in [-0.3, -0.25) is 4.79 Å². The Morgan fingerprint density at radius 3 is 2.71 bits per heavy atom. The first-order valence-electron chi connectivity index (χ1n) is 9.07. The molecule has 3 aromatic carbocycles. The summed E-state index contributed by atoms with van der Waals surface area (Å²) in [6, 6.07) is 14.9. The SMILES string of the molecule is Nc1cc(Cl)cc(Oc2c(Cl)ccc(CNC(=O)c3cc4cc(Br)ccc4[nH]3)c2F)c1. The fourth-order valence-corrected chi connectivity index (χ4v) is 3.86. The lowest BCUT2D eigenvalue weighted by Crippen LogP contribution is -2.23. The van der Waals surface area contributed by atoms with Crippen molar-refractivity contribution in [3.8, 4) is 11.5 Å². The highest BCUT2D eigenvalue weighted by molar-refractivity contribution is 9.10. The molecule has 5 nitrogen and oxygen atoms in total. The molecule has 4 N–H and O–H groups in total. The van der Waals surface area contributed by atoms with Crippen LogP contribution in [0.2, 0.25) is 10.0 Å². The number of halogens is 4.